The fourth-order valence-corrected chi connectivity index (χ4v) is 4.90. The number of rotatable bonds is 3. The highest BCUT2D eigenvalue weighted by Gasteiger charge is 2.50. The highest BCUT2D eigenvalue weighted by atomic mass is 19.4. The third kappa shape index (κ3) is 2.86. The zero-order chi connectivity index (χ0) is 23.8. The van der Waals surface area contributed by atoms with Gasteiger partial charge >= 0.3 is 18.0 Å². The number of nitrogens with zero attached hydrogens (tertiary/aromatic N) is 1. The smallest absolute Gasteiger partial charge is 0.492 e. The van der Waals surface area contributed by atoms with Gasteiger partial charge in [-0.3, -0.25) is 0 Å². The van der Waals surface area contributed by atoms with Crippen LogP contribution in [0.1, 0.15) is 33.0 Å². The first kappa shape index (κ1) is 20.5. The summed E-state index contributed by atoms with van der Waals surface area (Å²) in [7, 11) is 0. The number of carbonyl (C=O) groups is 1. The molecule has 0 amide bonds. The number of para-hydroxylation sites is 1. The van der Waals surface area contributed by atoms with Gasteiger partial charge in [-0.1, -0.05) is 18.2 Å². The summed E-state index contributed by atoms with van der Waals surface area (Å²) in [6.45, 7) is 0.476. The normalized spacial score (nSPS) is 19.0. The fraction of sp³-hybridized carbons (Fsp3) is 0.217. The minimum absolute atomic E-state index is 0.0898. The molecule has 0 saturated carbocycles. The SMILES string of the molecule is O=C(O)c1cc(CN2CC3(COc4cc5oc(=O)oc5cc43)c3ccccc32)oc1C(F)(F)F. The van der Waals surface area contributed by atoms with Gasteiger partial charge in [0.15, 0.2) is 11.2 Å². The van der Waals surface area contributed by atoms with Gasteiger partial charge in [-0.25, -0.2) is 9.59 Å². The van der Waals surface area contributed by atoms with Crippen LogP contribution in [0.3, 0.4) is 0 Å². The van der Waals surface area contributed by atoms with Gasteiger partial charge in [-0.15, -0.1) is 0 Å². The van der Waals surface area contributed by atoms with Gasteiger partial charge in [-0.2, -0.15) is 13.2 Å². The second-order valence-corrected chi connectivity index (χ2v) is 8.25. The van der Waals surface area contributed by atoms with E-state index in [4.69, 9.17) is 18.0 Å². The largest absolute Gasteiger partial charge is 0.519 e. The molecule has 174 valence electrons. The van der Waals surface area contributed by atoms with E-state index in [1.165, 1.54) is 0 Å². The van der Waals surface area contributed by atoms with Gasteiger partial charge in [0.1, 0.15) is 23.7 Å². The Morgan fingerprint density at radius 2 is 1.79 bits per heavy atom. The predicted octanol–water partition coefficient (Wildman–Crippen LogP) is 4.39. The molecular weight excluding hydrogens is 459 g/mol. The van der Waals surface area contributed by atoms with E-state index in [1.54, 1.807) is 18.2 Å². The molecule has 0 bridgehead atoms. The molecule has 11 heteroatoms. The third-order valence-electron chi connectivity index (χ3n) is 6.26. The summed E-state index contributed by atoms with van der Waals surface area (Å²) in [5.74, 6) is -3.71. The molecule has 2 aliphatic rings. The van der Waals surface area contributed by atoms with E-state index in [9.17, 15) is 27.9 Å². The van der Waals surface area contributed by atoms with Crippen molar-refractivity contribution in [1.29, 1.82) is 0 Å². The summed E-state index contributed by atoms with van der Waals surface area (Å²) < 4.78 is 60.9. The first-order valence-electron chi connectivity index (χ1n) is 10.1. The highest BCUT2D eigenvalue weighted by Crippen LogP contribution is 2.52. The number of fused-ring (bicyclic) bond motifs is 5. The molecular formula is C23H14F3NO7. The lowest BCUT2D eigenvalue weighted by atomic mass is 9.78. The Morgan fingerprint density at radius 3 is 2.50 bits per heavy atom. The van der Waals surface area contributed by atoms with Crippen molar-refractivity contribution in [3.05, 3.63) is 81.3 Å². The van der Waals surface area contributed by atoms with E-state index < -0.39 is 34.7 Å². The molecule has 0 fully saturated rings. The number of carboxylic acids is 1. The number of hydrogen-bond donors (Lipinski definition) is 1. The molecule has 34 heavy (non-hydrogen) atoms. The van der Waals surface area contributed by atoms with Crippen LogP contribution in [0.15, 0.2) is 60.5 Å². The third-order valence-corrected chi connectivity index (χ3v) is 6.26. The van der Waals surface area contributed by atoms with Gasteiger partial charge in [-0.05, 0) is 23.8 Å². The molecule has 0 saturated heterocycles. The van der Waals surface area contributed by atoms with Crippen molar-refractivity contribution < 1.29 is 41.1 Å². The first-order valence-corrected chi connectivity index (χ1v) is 10.1. The zero-order valence-electron chi connectivity index (χ0n) is 17.1. The molecule has 0 radical (unpaired) electrons. The minimum Gasteiger partial charge on any atom is -0.492 e. The maximum Gasteiger partial charge on any atom is 0.519 e. The summed E-state index contributed by atoms with van der Waals surface area (Å²) in [4.78, 5) is 24.7. The Hall–Kier alpha value is -4.15. The number of hydrogen-bond acceptors (Lipinski definition) is 7. The van der Waals surface area contributed by atoms with Crippen LogP contribution in [-0.4, -0.2) is 24.2 Å². The molecule has 1 atom stereocenters. The van der Waals surface area contributed by atoms with Crippen LogP contribution in [0.25, 0.3) is 11.2 Å². The molecule has 2 aliphatic heterocycles. The van der Waals surface area contributed by atoms with Crippen molar-refractivity contribution in [2.45, 2.75) is 18.1 Å². The minimum atomic E-state index is -4.94. The average Bonchev–Trinajstić information content (AvgIpc) is 3.52. The van der Waals surface area contributed by atoms with Crippen LogP contribution in [-0.2, 0) is 18.1 Å². The maximum absolute atomic E-state index is 13.3. The van der Waals surface area contributed by atoms with E-state index in [1.807, 2.05) is 23.1 Å². The van der Waals surface area contributed by atoms with Crippen LogP contribution in [0.5, 0.6) is 5.75 Å². The topological polar surface area (TPSA) is 106 Å². The Bertz CT molecular complexity index is 1530. The second kappa shape index (κ2) is 6.69. The van der Waals surface area contributed by atoms with Crippen LogP contribution in [0.2, 0.25) is 0 Å². The standard InChI is InChI=1S/C23H14F3NO7/c24-23(25,26)19-12(20(28)29)5-11(32-19)8-27-9-22(13-3-1-2-4-15(13)27)10-31-16-7-18-17(6-14(16)22)33-21(30)34-18/h1-7H,8-10H2,(H,28,29). The van der Waals surface area contributed by atoms with Crippen molar-refractivity contribution >= 4 is 22.8 Å². The van der Waals surface area contributed by atoms with E-state index in [0.29, 0.717) is 12.3 Å². The van der Waals surface area contributed by atoms with E-state index >= 15 is 0 Å². The molecule has 0 aliphatic carbocycles. The predicted molar refractivity (Wildman–Crippen MR) is 109 cm³/mol. The fourth-order valence-electron chi connectivity index (χ4n) is 4.90. The van der Waals surface area contributed by atoms with Crippen LogP contribution in [0, 0.1) is 0 Å². The summed E-state index contributed by atoms with van der Waals surface area (Å²) >= 11 is 0. The van der Waals surface area contributed by atoms with E-state index in [2.05, 4.69) is 0 Å². The Morgan fingerprint density at radius 1 is 1.06 bits per heavy atom. The van der Waals surface area contributed by atoms with Crippen LogP contribution in [0.4, 0.5) is 18.9 Å². The summed E-state index contributed by atoms with van der Waals surface area (Å²) in [6, 6.07) is 11.5. The molecule has 2 aromatic heterocycles. The molecule has 4 aromatic rings. The summed E-state index contributed by atoms with van der Waals surface area (Å²) in [5.41, 5.74) is 1.26. The van der Waals surface area contributed by atoms with Crippen molar-refractivity contribution in [1.82, 2.24) is 0 Å². The van der Waals surface area contributed by atoms with Gasteiger partial charge in [0.05, 0.1) is 12.0 Å². The first-order chi connectivity index (χ1) is 16.2. The zero-order valence-corrected chi connectivity index (χ0v) is 17.1. The lowest BCUT2D eigenvalue weighted by Crippen LogP contribution is -2.35. The lowest BCUT2D eigenvalue weighted by Gasteiger charge is -2.24. The number of alkyl halides is 3. The molecule has 1 unspecified atom stereocenters. The maximum atomic E-state index is 13.3. The quantitative estimate of drug-likeness (QED) is 0.467. The Balaban J connectivity index is 1.43. The van der Waals surface area contributed by atoms with Gasteiger partial charge < -0.3 is 28.0 Å². The Kier molecular flexibility index (Phi) is 4.02. The monoisotopic (exact) mass is 473 g/mol. The molecule has 2 aromatic carbocycles. The number of halogens is 3. The highest BCUT2D eigenvalue weighted by molar-refractivity contribution is 5.89. The number of furan rings is 1. The van der Waals surface area contributed by atoms with Gasteiger partial charge in [0, 0.05) is 23.9 Å². The number of anilines is 1. The second-order valence-electron chi connectivity index (χ2n) is 8.25. The van der Waals surface area contributed by atoms with Crippen LogP contribution < -0.4 is 15.5 Å². The number of ether oxygens (including phenoxy) is 1. The van der Waals surface area contributed by atoms with E-state index in [0.717, 1.165) is 22.9 Å². The van der Waals surface area contributed by atoms with Gasteiger partial charge in [0.2, 0.25) is 5.76 Å². The van der Waals surface area contributed by atoms with E-state index in [-0.39, 0.29) is 30.1 Å². The summed E-state index contributed by atoms with van der Waals surface area (Å²) in [6.07, 6.45) is -4.94. The van der Waals surface area contributed by atoms with Crippen LogP contribution >= 0.6 is 0 Å². The molecule has 1 spiro atoms. The Labute approximate surface area is 187 Å². The molecule has 1 N–H and O–H groups in total. The van der Waals surface area contributed by atoms with Crippen molar-refractivity contribution in [2.24, 2.45) is 0 Å². The summed E-state index contributed by atoms with van der Waals surface area (Å²) in [5, 5.41) is 9.20. The number of aromatic carboxylic acids is 1. The van der Waals surface area contributed by atoms with Crippen molar-refractivity contribution in [2.75, 3.05) is 18.1 Å². The average molecular weight is 473 g/mol. The molecule has 6 rings (SSSR count). The molecule has 4 heterocycles. The number of carboxylic acid groups (broad SMARTS) is 1. The lowest BCUT2D eigenvalue weighted by molar-refractivity contribution is -0.153. The van der Waals surface area contributed by atoms with Crippen molar-refractivity contribution in [3.63, 3.8) is 0 Å². The van der Waals surface area contributed by atoms with Gasteiger partial charge in [0.25, 0.3) is 0 Å². The number of benzene rings is 2. The van der Waals surface area contributed by atoms with Crippen molar-refractivity contribution in [3.8, 4) is 5.75 Å². The molecule has 8 nitrogen and oxygen atoms in total.